The molecule has 0 saturated heterocycles. The summed E-state index contributed by atoms with van der Waals surface area (Å²) < 4.78 is 26.2. The number of nitrogens with two attached hydrogens (primary N) is 1. The molecule has 15 heavy (non-hydrogen) atoms. The molecule has 0 aliphatic carbocycles. The maximum absolute atomic E-state index is 11.8. The highest BCUT2D eigenvalue weighted by molar-refractivity contribution is 7.89. The van der Waals surface area contributed by atoms with Crippen LogP contribution < -0.4 is 10.5 Å². The van der Waals surface area contributed by atoms with Crippen molar-refractivity contribution in [1.29, 1.82) is 0 Å². The number of aromatic nitrogens is 2. The molecule has 7 heteroatoms. The minimum Gasteiger partial charge on any atom is -0.383 e. The van der Waals surface area contributed by atoms with Gasteiger partial charge in [-0.05, 0) is 12.8 Å². The van der Waals surface area contributed by atoms with E-state index in [0.717, 1.165) is 12.8 Å². The summed E-state index contributed by atoms with van der Waals surface area (Å²) >= 11 is 0. The van der Waals surface area contributed by atoms with E-state index in [9.17, 15) is 8.42 Å². The second kappa shape index (κ2) is 4.63. The molecule has 0 aliphatic rings. The number of H-pyrrole nitrogens is 1. The molecular weight excluding hydrogens is 216 g/mol. The summed E-state index contributed by atoms with van der Waals surface area (Å²) in [6, 6.07) is -0.0655. The van der Waals surface area contributed by atoms with E-state index < -0.39 is 10.0 Å². The van der Waals surface area contributed by atoms with Crippen molar-refractivity contribution in [3.05, 3.63) is 6.20 Å². The third-order valence-electron chi connectivity index (χ3n) is 2.23. The maximum Gasteiger partial charge on any atom is 0.246 e. The molecule has 0 spiro atoms. The van der Waals surface area contributed by atoms with E-state index in [1.54, 1.807) is 0 Å². The van der Waals surface area contributed by atoms with Gasteiger partial charge in [-0.1, -0.05) is 13.8 Å². The molecule has 1 rings (SSSR count). The number of nitrogens with one attached hydrogen (secondary N) is 2. The van der Waals surface area contributed by atoms with Crippen LogP contribution in [-0.4, -0.2) is 24.7 Å². The van der Waals surface area contributed by atoms with E-state index in [1.165, 1.54) is 6.20 Å². The largest absolute Gasteiger partial charge is 0.383 e. The Labute approximate surface area is 89.3 Å². The molecule has 6 nitrogen and oxygen atoms in total. The topological polar surface area (TPSA) is 101 Å². The van der Waals surface area contributed by atoms with Gasteiger partial charge >= 0.3 is 0 Å². The Morgan fingerprint density at radius 1 is 1.53 bits per heavy atom. The van der Waals surface area contributed by atoms with Gasteiger partial charge in [-0.25, -0.2) is 13.1 Å². The van der Waals surface area contributed by atoms with Gasteiger partial charge < -0.3 is 5.73 Å². The molecule has 0 atom stereocenters. The van der Waals surface area contributed by atoms with Crippen LogP contribution in [0.15, 0.2) is 11.1 Å². The lowest BCUT2D eigenvalue weighted by Crippen LogP contribution is -2.34. The third-order valence-corrected chi connectivity index (χ3v) is 3.78. The van der Waals surface area contributed by atoms with Crippen LogP contribution in [0.1, 0.15) is 26.7 Å². The van der Waals surface area contributed by atoms with Crippen LogP contribution in [-0.2, 0) is 10.0 Å². The Hall–Kier alpha value is -1.08. The zero-order chi connectivity index (χ0) is 11.5. The van der Waals surface area contributed by atoms with Crippen LogP contribution in [0.2, 0.25) is 0 Å². The maximum atomic E-state index is 11.8. The van der Waals surface area contributed by atoms with Crippen LogP contribution >= 0.6 is 0 Å². The first-order chi connectivity index (χ1) is 7.01. The quantitative estimate of drug-likeness (QED) is 0.686. The molecule has 0 saturated carbocycles. The summed E-state index contributed by atoms with van der Waals surface area (Å²) in [6.45, 7) is 3.85. The molecule has 1 aromatic rings. The Balaban J connectivity index is 2.90. The summed E-state index contributed by atoms with van der Waals surface area (Å²) in [6.07, 6.45) is 2.70. The highest BCUT2D eigenvalue weighted by atomic mass is 32.2. The zero-order valence-corrected chi connectivity index (χ0v) is 9.63. The minimum absolute atomic E-state index is 0.00870. The van der Waals surface area contributed by atoms with E-state index >= 15 is 0 Å². The zero-order valence-electron chi connectivity index (χ0n) is 8.82. The normalized spacial score (nSPS) is 12.2. The van der Waals surface area contributed by atoms with Gasteiger partial charge in [-0.15, -0.1) is 0 Å². The van der Waals surface area contributed by atoms with Crippen molar-refractivity contribution in [3.8, 4) is 0 Å². The molecule has 0 unspecified atom stereocenters. The molecule has 86 valence electrons. The summed E-state index contributed by atoms with van der Waals surface area (Å²) in [5, 5.41) is 5.97. The van der Waals surface area contributed by atoms with Crippen molar-refractivity contribution in [1.82, 2.24) is 14.9 Å². The molecule has 0 radical (unpaired) electrons. The first-order valence-electron chi connectivity index (χ1n) is 4.82. The molecule has 0 bridgehead atoms. The molecule has 0 fully saturated rings. The van der Waals surface area contributed by atoms with Gasteiger partial charge in [-0.2, -0.15) is 5.10 Å². The Morgan fingerprint density at radius 3 is 2.53 bits per heavy atom. The number of hydrogen-bond donors (Lipinski definition) is 3. The van der Waals surface area contributed by atoms with Gasteiger partial charge in [0.25, 0.3) is 0 Å². The van der Waals surface area contributed by atoms with E-state index in [2.05, 4.69) is 14.9 Å². The highest BCUT2D eigenvalue weighted by Crippen LogP contribution is 2.15. The second-order valence-corrected chi connectivity index (χ2v) is 4.97. The van der Waals surface area contributed by atoms with Gasteiger partial charge in [0, 0.05) is 6.04 Å². The number of aromatic amines is 1. The van der Waals surface area contributed by atoms with Crippen molar-refractivity contribution in [2.45, 2.75) is 37.6 Å². The Bertz CT molecular complexity index is 408. The summed E-state index contributed by atoms with van der Waals surface area (Å²) in [4.78, 5) is 0.00870. The number of anilines is 1. The van der Waals surface area contributed by atoms with Crippen LogP contribution in [0.5, 0.6) is 0 Å². The van der Waals surface area contributed by atoms with E-state index in [1.807, 2.05) is 13.8 Å². The summed E-state index contributed by atoms with van der Waals surface area (Å²) in [5.74, 6) is 0.0634. The molecule has 4 N–H and O–H groups in total. The first-order valence-corrected chi connectivity index (χ1v) is 6.30. The van der Waals surface area contributed by atoms with Crippen molar-refractivity contribution < 1.29 is 8.42 Å². The van der Waals surface area contributed by atoms with Crippen LogP contribution in [0.3, 0.4) is 0 Å². The average molecular weight is 232 g/mol. The lowest BCUT2D eigenvalue weighted by molar-refractivity contribution is 0.530. The lowest BCUT2D eigenvalue weighted by atomic mass is 10.2. The predicted octanol–water partition coefficient (Wildman–Crippen LogP) is 0.459. The van der Waals surface area contributed by atoms with E-state index in [-0.39, 0.29) is 16.8 Å². The molecule has 1 aromatic heterocycles. The third kappa shape index (κ3) is 2.69. The fourth-order valence-electron chi connectivity index (χ4n) is 1.24. The standard InChI is InChI=1S/C8H16N4O2S/c1-3-6(4-2)12-15(13,14)7-5-10-11-8(7)9/h5-6,12H,3-4H2,1-2H3,(H3,9,10,11). The van der Waals surface area contributed by atoms with Crippen molar-refractivity contribution in [2.75, 3.05) is 5.73 Å². The van der Waals surface area contributed by atoms with Crippen LogP contribution in [0.4, 0.5) is 5.82 Å². The van der Waals surface area contributed by atoms with E-state index in [4.69, 9.17) is 5.73 Å². The van der Waals surface area contributed by atoms with E-state index in [0.29, 0.717) is 0 Å². The van der Waals surface area contributed by atoms with Crippen LogP contribution in [0, 0.1) is 0 Å². The summed E-state index contributed by atoms with van der Waals surface area (Å²) in [5.41, 5.74) is 5.45. The molecule has 0 aliphatic heterocycles. The number of sulfonamides is 1. The minimum atomic E-state index is -3.54. The number of rotatable bonds is 5. The summed E-state index contributed by atoms with van der Waals surface area (Å²) in [7, 11) is -3.54. The molecular formula is C8H16N4O2S. The van der Waals surface area contributed by atoms with Crippen molar-refractivity contribution in [3.63, 3.8) is 0 Å². The SMILES string of the molecule is CCC(CC)NS(=O)(=O)c1cn[nH]c1N. The lowest BCUT2D eigenvalue weighted by Gasteiger charge is -2.14. The monoisotopic (exact) mass is 232 g/mol. The van der Waals surface area contributed by atoms with Gasteiger partial charge in [0.05, 0.1) is 6.20 Å². The molecule has 0 aromatic carbocycles. The number of nitrogen functional groups attached to an aromatic ring is 1. The van der Waals surface area contributed by atoms with Gasteiger partial charge in [0.15, 0.2) is 0 Å². The average Bonchev–Trinajstić information content (AvgIpc) is 2.61. The second-order valence-electron chi connectivity index (χ2n) is 3.28. The smallest absolute Gasteiger partial charge is 0.246 e. The van der Waals surface area contributed by atoms with Gasteiger partial charge in [0.2, 0.25) is 10.0 Å². The number of hydrogen-bond acceptors (Lipinski definition) is 4. The van der Waals surface area contributed by atoms with Crippen molar-refractivity contribution >= 4 is 15.8 Å². The Morgan fingerprint density at radius 2 is 2.13 bits per heavy atom. The van der Waals surface area contributed by atoms with Gasteiger partial charge in [0.1, 0.15) is 10.7 Å². The molecule has 0 amide bonds. The molecule has 1 heterocycles. The fourth-order valence-corrected chi connectivity index (χ4v) is 2.66. The predicted molar refractivity (Wildman–Crippen MR) is 57.7 cm³/mol. The van der Waals surface area contributed by atoms with Crippen LogP contribution in [0.25, 0.3) is 0 Å². The first kappa shape index (κ1) is 12.0. The van der Waals surface area contributed by atoms with Gasteiger partial charge in [-0.3, -0.25) is 5.10 Å². The number of nitrogens with zero attached hydrogens (tertiary/aromatic N) is 1. The van der Waals surface area contributed by atoms with Crippen molar-refractivity contribution in [2.24, 2.45) is 0 Å². The Kier molecular flexibility index (Phi) is 3.70. The fraction of sp³-hybridized carbons (Fsp3) is 0.625. The highest BCUT2D eigenvalue weighted by Gasteiger charge is 2.21.